The number of halogens is 1. The predicted octanol–water partition coefficient (Wildman–Crippen LogP) is 1.56. The average molecular weight is 452 g/mol. The molecule has 1 fully saturated rings. The number of nitrogens with one attached hydrogen (secondary N) is 1. The Hall–Kier alpha value is -2.07. The van der Waals surface area contributed by atoms with Gasteiger partial charge in [-0.15, -0.1) is 0 Å². The minimum Gasteiger partial charge on any atom is -0.305 e. The molecule has 1 aliphatic rings. The van der Waals surface area contributed by atoms with Crippen LogP contribution in [0.25, 0.3) is 0 Å². The number of anilines is 1. The first-order valence-corrected chi connectivity index (χ1v) is 10.6. The van der Waals surface area contributed by atoms with E-state index < -0.39 is 16.1 Å². The molecule has 1 heterocycles. The summed E-state index contributed by atoms with van der Waals surface area (Å²) in [5.41, 5.74) is 1.45. The van der Waals surface area contributed by atoms with Crippen LogP contribution in [0.15, 0.2) is 57.9 Å². The van der Waals surface area contributed by atoms with Crippen LogP contribution in [0.2, 0.25) is 0 Å². The topological polar surface area (TPSA) is 110 Å². The van der Waals surface area contributed by atoms with Gasteiger partial charge in [-0.25, -0.2) is 18.5 Å². The Bertz CT molecular complexity index is 959. The van der Waals surface area contributed by atoms with Gasteiger partial charge in [0.2, 0.25) is 15.9 Å². The first-order chi connectivity index (χ1) is 12.8. The molecular weight excluding hydrogens is 434 g/mol. The third kappa shape index (κ3) is 4.62. The smallest absolute Gasteiger partial charge is 0.251 e. The van der Waals surface area contributed by atoms with Gasteiger partial charge in [0.05, 0.1) is 23.0 Å². The number of imide groups is 1. The van der Waals surface area contributed by atoms with Crippen molar-refractivity contribution in [1.29, 1.82) is 0 Å². The van der Waals surface area contributed by atoms with Crippen LogP contribution in [-0.2, 0) is 26.0 Å². The van der Waals surface area contributed by atoms with Crippen molar-refractivity contribution in [2.45, 2.75) is 23.8 Å². The van der Waals surface area contributed by atoms with E-state index in [1.807, 2.05) is 0 Å². The Morgan fingerprint density at radius 3 is 2.30 bits per heavy atom. The van der Waals surface area contributed by atoms with Crippen molar-refractivity contribution in [2.75, 3.05) is 11.4 Å². The van der Waals surface area contributed by atoms with E-state index in [0.717, 1.165) is 10.0 Å². The van der Waals surface area contributed by atoms with Gasteiger partial charge in [-0.3, -0.25) is 9.59 Å². The molecule has 0 radical (unpaired) electrons. The number of hydrogen-bond donors (Lipinski definition) is 2. The number of hydrogen-bond acceptors (Lipinski definition) is 5. The first kappa shape index (κ1) is 19.7. The Morgan fingerprint density at radius 1 is 1.07 bits per heavy atom. The molecule has 0 saturated carbocycles. The van der Waals surface area contributed by atoms with Gasteiger partial charge in [-0.2, -0.15) is 0 Å². The molecule has 0 bridgehead atoms. The molecule has 1 saturated heterocycles. The molecular formula is C18H18BrN3O4S. The van der Waals surface area contributed by atoms with Crippen LogP contribution in [0.5, 0.6) is 0 Å². The van der Waals surface area contributed by atoms with Gasteiger partial charge in [-0.05, 0) is 54.9 Å². The number of primary sulfonamides is 1. The van der Waals surface area contributed by atoms with Gasteiger partial charge in [0.1, 0.15) is 0 Å². The quantitative estimate of drug-likeness (QED) is 0.647. The standard InChI is InChI=1S/C18H18BrN3O4S/c19-13-3-5-14(6-4-13)22-17(23)11-16(18(22)24)21-10-9-12-1-7-15(8-2-12)27(20,25)26/h1-8,16,21H,9-11H2,(H2,20,25,26)/t16-/m1/s1. The summed E-state index contributed by atoms with van der Waals surface area (Å²) in [5, 5.41) is 8.17. The van der Waals surface area contributed by atoms with Crippen LogP contribution in [0.3, 0.4) is 0 Å². The fraction of sp³-hybridized carbons (Fsp3) is 0.222. The largest absolute Gasteiger partial charge is 0.305 e. The van der Waals surface area contributed by atoms with E-state index in [-0.39, 0.29) is 23.1 Å². The van der Waals surface area contributed by atoms with Crippen LogP contribution in [-0.4, -0.2) is 32.8 Å². The molecule has 3 rings (SSSR count). The van der Waals surface area contributed by atoms with E-state index in [4.69, 9.17) is 5.14 Å². The molecule has 0 aromatic heterocycles. The summed E-state index contributed by atoms with van der Waals surface area (Å²) >= 11 is 3.33. The van der Waals surface area contributed by atoms with Gasteiger partial charge in [0.15, 0.2) is 0 Å². The molecule has 0 aliphatic carbocycles. The predicted molar refractivity (Wildman–Crippen MR) is 105 cm³/mol. The number of nitrogens with zero attached hydrogens (tertiary/aromatic N) is 1. The Balaban J connectivity index is 1.58. The Kier molecular flexibility index (Phi) is 5.75. The average Bonchev–Trinajstić information content (AvgIpc) is 2.89. The number of carbonyl (C=O) groups is 2. The monoisotopic (exact) mass is 451 g/mol. The summed E-state index contributed by atoms with van der Waals surface area (Å²) in [4.78, 5) is 26.0. The maximum absolute atomic E-state index is 12.5. The zero-order chi connectivity index (χ0) is 19.6. The van der Waals surface area contributed by atoms with E-state index in [1.54, 1.807) is 36.4 Å². The second kappa shape index (κ2) is 7.89. The number of amides is 2. The molecule has 1 atom stereocenters. The first-order valence-electron chi connectivity index (χ1n) is 8.23. The second-order valence-electron chi connectivity index (χ2n) is 6.19. The molecule has 2 aromatic carbocycles. The van der Waals surface area contributed by atoms with Gasteiger partial charge in [-0.1, -0.05) is 28.1 Å². The molecule has 7 nitrogen and oxygen atoms in total. The van der Waals surface area contributed by atoms with Gasteiger partial charge in [0, 0.05) is 4.47 Å². The van der Waals surface area contributed by atoms with Gasteiger partial charge < -0.3 is 5.32 Å². The highest BCUT2D eigenvalue weighted by Crippen LogP contribution is 2.24. The van der Waals surface area contributed by atoms with Gasteiger partial charge >= 0.3 is 0 Å². The molecule has 0 spiro atoms. The zero-order valence-electron chi connectivity index (χ0n) is 14.3. The molecule has 3 N–H and O–H groups in total. The summed E-state index contributed by atoms with van der Waals surface area (Å²) in [6.07, 6.45) is 0.695. The Morgan fingerprint density at radius 2 is 1.70 bits per heavy atom. The molecule has 1 aliphatic heterocycles. The highest BCUT2D eigenvalue weighted by molar-refractivity contribution is 9.10. The molecule has 0 unspecified atom stereocenters. The van der Waals surface area contributed by atoms with Crippen LogP contribution >= 0.6 is 15.9 Å². The highest BCUT2D eigenvalue weighted by atomic mass is 79.9. The minimum atomic E-state index is -3.71. The summed E-state index contributed by atoms with van der Waals surface area (Å²) in [7, 11) is -3.71. The number of benzene rings is 2. The maximum Gasteiger partial charge on any atom is 0.251 e. The lowest BCUT2D eigenvalue weighted by Gasteiger charge is -2.15. The molecule has 9 heteroatoms. The van der Waals surface area contributed by atoms with E-state index >= 15 is 0 Å². The van der Waals surface area contributed by atoms with E-state index in [0.29, 0.717) is 18.7 Å². The molecule has 27 heavy (non-hydrogen) atoms. The van der Waals surface area contributed by atoms with Crippen molar-refractivity contribution in [2.24, 2.45) is 5.14 Å². The van der Waals surface area contributed by atoms with Crippen molar-refractivity contribution in [3.8, 4) is 0 Å². The van der Waals surface area contributed by atoms with Gasteiger partial charge in [0.25, 0.3) is 5.91 Å². The summed E-state index contributed by atoms with van der Waals surface area (Å²) in [6.45, 7) is 0.479. The van der Waals surface area contributed by atoms with Crippen LogP contribution in [0.4, 0.5) is 5.69 Å². The fourth-order valence-corrected chi connectivity index (χ4v) is 3.67. The lowest BCUT2D eigenvalue weighted by molar-refractivity contribution is -0.121. The van der Waals surface area contributed by atoms with Crippen LogP contribution < -0.4 is 15.4 Å². The second-order valence-corrected chi connectivity index (χ2v) is 8.67. The third-order valence-corrected chi connectivity index (χ3v) is 5.75. The molecule has 2 amide bonds. The molecule has 142 valence electrons. The Labute approximate surface area is 165 Å². The number of sulfonamides is 1. The van der Waals surface area contributed by atoms with E-state index in [1.165, 1.54) is 17.0 Å². The number of carbonyl (C=O) groups excluding carboxylic acids is 2. The lowest BCUT2D eigenvalue weighted by Crippen LogP contribution is -2.39. The van der Waals surface area contributed by atoms with Crippen molar-refractivity contribution < 1.29 is 18.0 Å². The fourth-order valence-electron chi connectivity index (χ4n) is 2.89. The number of rotatable bonds is 6. The summed E-state index contributed by atoms with van der Waals surface area (Å²) in [5.74, 6) is -0.510. The third-order valence-electron chi connectivity index (χ3n) is 4.29. The number of nitrogens with two attached hydrogens (primary N) is 1. The SMILES string of the molecule is NS(=O)(=O)c1ccc(CCN[C@@H]2CC(=O)N(c3ccc(Br)cc3)C2=O)cc1. The van der Waals surface area contributed by atoms with Crippen LogP contribution in [0.1, 0.15) is 12.0 Å². The minimum absolute atomic E-state index is 0.0564. The summed E-state index contributed by atoms with van der Waals surface area (Å²) in [6, 6.07) is 12.7. The summed E-state index contributed by atoms with van der Waals surface area (Å²) < 4.78 is 23.4. The van der Waals surface area contributed by atoms with E-state index in [2.05, 4.69) is 21.2 Å². The highest BCUT2D eigenvalue weighted by Gasteiger charge is 2.39. The molecule has 2 aromatic rings. The van der Waals surface area contributed by atoms with Crippen LogP contribution in [0, 0.1) is 0 Å². The van der Waals surface area contributed by atoms with Crippen molar-refractivity contribution in [3.63, 3.8) is 0 Å². The van der Waals surface area contributed by atoms with E-state index in [9.17, 15) is 18.0 Å². The van der Waals surface area contributed by atoms with Crippen molar-refractivity contribution in [3.05, 3.63) is 58.6 Å². The zero-order valence-corrected chi connectivity index (χ0v) is 16.7. The lowest BCUT2D eigenvalue weighted by atomic mass is 10.1. The van der Waals surface area contributed by atoms with Crippen molar-refractivity contribution >= 4 is 43.5 Å². The normalized spacial score (nSPS) is 17.6. The van der Waals surface area contributed by atoms with Crippen molar-refractivity contribution in [1.82, 2.24) is 5.32 Å². The maximum atomic E-state index is 12.5.